The molecule has 2 aliphatic heterocycles. The summed E-state index contributed by atoms with van der Waals surface area (Å²) in [5, 5.41) is 2.75. The zero-order chi connectivity index (χ0) is 22.7. The molecule has 172 valence electrons. The number of hydrogen-bond acceptors (Lipinski definition) is 7. The summed E-state index contributed by atoms with van der Waals surface area (Å²) in [7, 11) is -0.728. The van der Waals surface area contributed by atoms with Gasteiger partial charge >= 0.3 is 0 Å². The van der Waals surface area contributed by atoms with Gasteiger partial charge in [0.05, 0.1) is 24.8 Å². The van der Waals surface area contributed by atoms with Crippen molar-refractivity contribution in [3.8, 4) is 23.0 Å². The van der Waals surface area contributed by atoms with Crippen molar-refractivity contribution < 1.29 is 32.2 Å². The minimum absolute atomic E-state index is 0.107. The van der Waals surface area contributed by atoms with Gasteiger partial charge in [0, 0.05) is 18.7 Å². The van der Waals surface area contributed by atoms with Gasteiger partial charge in [0.2, 0.25) is 15.8 Å². The molecule has 2 heterocycles. The van der Waals surface area contributed by atoms with Crippen LogP contribution in [-0.2, 0) is 10.0 Å². The van der Waals surface area contributed by atoms with E-state index in [0.29, 0.717) is 49.3 Å². The normalized spacial score (nSPS) is 16.3. The molecule has 2 aliphatic rings. The van der Waals surface area contributed by atoms with Crippen LogP contribution in [0.2, 0.25) is 0 Å². The number of fused-ring (bicyclic) bond motifs is 1. The number of methoxy groups -OCH3 is 2. The third-order valence-electron chi connectivity index (χ3n) is 5.46. The Morgan fingerprint density at radius 2 is 1.69 bits per heavy atom. The number of rotatable bonds is 6. The number of carbonyl (C=O) groups excluding carboxylic acids is 1. The van der Waals surface area contributed by atoms with Gasteiger partial charge in [0.15, 0.2) is 11.5 Å². The first-order valence-corrected chi connectivity index (χ1v) is 11.8. The second-order valence-corrected chi connectivity index (χ2v) is 9.42. The number of carbonyl (C=O) groups is 1. The van der Waals surface area contributed by atoms with E-state index in [0.717, 1.165) is 19.3 Å². The highest BCUT2D eigenvalue weighted by atomic mass is 32.2. The highest BCUT2D eigenvalue weighted by molar-refractivity contribution is 7.89. The maximum absolute atomic E-state index is 13.1. The summed E-state index contributed by atoms with van der Waals surface area (Å²) in [6, 6.07) is 7.56. The molecule has 9 nitrogen and oxygen atoms in total. The standard InChI is InChI=1S/C22H26N2O7S/c1-28-18-7-6-16(32(26,27)24-8-4-3-5-9-24)14-17(18)23-22(25)15-12-19(29-2)21-20(13-15)30-10-11-31-21/h6-7,12-14H,3-5,8-11H2,1-2H3,(H,23,25). The van der Waals surface area contributed by atoms with Crippen LogP contribution in [-0.4, -0.2) is 59.2 Å². The predicted octanol–water partition coefficient (Wildman–Crippen LogP) is 2.90. The zero-order valence-electron chi connectivity index (χ0n) is 18.0. The lowest BCUT2D eigenvalue weighted by Crippen LogP contribution is -2.35. The Bertz CT molecular complexity index is 1090. The summed E-state index contributed by atoms with van der Waals surface area (Å²) >= 11 is 0. The SMILES string of the molecule is COc1ccc(S(=O)(=O)N2CCCCC2)cc1NC(=O)c1cc(OC)c2c(c1)OCCO2. The van der Waals surface area contributed by atoms with Crippen molar-refractivity contribution in [3.05, 3.63) is 35.9 Å². The minimum atomic E-state index is -3.66. The molecule has 0 atom stereocenters. The van der Waals surface area contributed by atoms with E-state index in [4.69, 9.17) is 18.9 Å². The molecular formula is C22H26N2O7S. The van der Waals surface area contributed by atoms with E-state index in [2.05, 4.69) is 5.32 Å². The lowest BCUT2D eigenvalue weighted by Gasteiger charge is -2.26. The van der Waals surface area contributed by atoms with Crippen LogP contribution in [0, 0.1) is 0 Å². The number of amides is 1. The van der Waals surface area contributed by atoms with E-state index in [1.165, 1.54) is 36.7 Å². The molecule has 10 heteroatoms. The molecule has 32 heavy (non-hydrogen) atoms. The van der Waals surface area contributed by atoms with E-state index in [-0.39, 0.29) is 16.1 Å². The molecule has 4 rings (SSSR count). The summed E-state index contributed by atoms with van der Waals surface area (Å²) in [5.41, 5.74) is 0.530. The zero-order valence-corrected chi connectivity index (χ0v) is 18.9. The van der Waals surface area contributed by atoms with Crippen LogP contribution < -0.4 is 24.3 Å². The van der Waals surface area contributed by atoms with Crippen molar-refractivity contribution in [2.45, 2.75) is 24.2 Å². The average molecular weight is 463 g/mol. The Labute approximate surface area is 187 Å². The number of piperidine rings is 1. The minimum Gasteiger partial charge on any atom is -0.495 e. The summed E-state index contributed by atoms with van der Waals surface area (Å²) in [6.45, 7) is 1.75. The van der Waals surface area contributed by atoms with Gasteiger partial charge in [0.25, 0.3) is 5.91 Å². The molecule has 2 aromatic carbocycles. The molecule has 1 N–H and O–H groups in total. The van der Waals surface area contributed by atoms with Crippen LogP contribution in [0.5, 0.6) is 23.0 Å². The Morgan fingerprint density at radius 3 is 2.41 bits per heavy atom. The first kappa shape index (κ1) is 22.2. The molecule has 0 radical (unpaired) electrons. The van der Waals surface area contributed by atoms with E-state index >= 15 is 0 Å². The maximum atomic E-state index is 13.1. The number of nitrogens with zero attached hydrogens (tertiary/aromatic N) is 1. The highest BCUT2D eigenvalue weighted by Crippen LogP contribution is 2.40. The molecule has 0 saturated carbocycles. The monoisotopic (exact) mass is 462 g/mol. The number of sulfonamides is 1. The van der Waals surface area contributed by atoms with Gasteiger partial charge in [-0.05, 0) is 43.2 Å². The van der Waals surface area contributed by atoms with Crippen molar-refractivity contribution in [3.63, 3.8) is 0 Å². The van der Waals surface area contributed by atoms with Crippen molar-refractivity contribution in [2.75, 3.05) is 45.8 Å². The van der Waals surface area contributed by atoms with Gasteiger partial charge in [0.1, 0.15) is 19.0 Å². The van der Waals surface area contributed by atoms with Crippen LogP contribution in [0.25, 0.3) is 0 Å². The van der Waals surface area contributed by atoms with Gasteiger partial charge in [-0.15, -0.1) is 0 Å². The fraction of sp³-hybridized carbons (Fsp3) is 0.409. The van der Waals surface area contributed by atoms with E-state index in [1.807, 2.05) is 0 Å². The highest BCUT2D eigenvalue weighted by Gasteiger charge is 2.27. The lowest BCUT2D eigenvalue weighted by molar-refractivity contribution is 0.102. The van der Waals surface area contributed by atoms with E-state index in [9.17, 15) is 13.2 Å². The van der Waals surface area contributed by atoms with Gasteiger partial charge in [-0.2, -0.15) is 4.31 Å². The fourth-order valence-corrected chi connectivity index (χ4v) is 5.34. The molecule has 1 saturated heterocycles. The van der Waals surface area contributed by atoms with Crippen molar-refractivity contribution >= 4 is 21.6 Å². The summed E-state index contributed by atoms with van der Waals surface area (Å²) in [4.78, 5) is 13.1. The Balaban J connectivity index is 1.64. The first-order valence-electron chi connectivity index (χ1n) is 10.4. The third-order valence-corrected chi connectivity index (χ3v) is 7.36. The molecule has 1 fully saturated rings. The smallest absolute Gasteiger partial charge is 0.256 e. The third kappa shape index (κ3) is 4.33. The largest absolute Gasteiger partial charge is 0.495 e. The van der Waals surface area contributed by atoms with Crippen LogP contribution in [0.4, 0.5) is 5.69 Å². The molecule has 2 aromatic rings. The average Bonchev–Trinajstić information content (AvgIpc) is 2.83. The molecule has 1 amide bonds. The molecule has 0 aromatic heterocycles. The molecule has 0 aliphatic carbocycles. The van der Waals surface area contributed by atoms with Crippen LogP contribution in [0.1, 0.15) is 29.6 Å². The molecule has 0 bridgehead atoms. The van der Waals surface area contributed by atoms with Gasteiger partial charge < -0.3 is 24.3 Å². The lowest BCUT2D eigenvalue weighted by atomic mass is 10.1. The summed E-state index contributed by atoms with van der Waals surface area (Å²) in [6.07, 6.45) is 2.70. The molecular weight excluding hydrogens is 436 g/mol. The number of anilines is 1. The summed E-state index contributed by atoms with van der Waals surface area (Å²) < 4.78 is 49.4. The molecule has 0 spiro atoms. The Kier molecular flexibility index (Phi) is 6.43. The van der Waals surface area contributed by atoms with E-state index < -0.39 is 15.9 Å². The van der Waals surface area contributed by atoms with E-state index in [1.54, 1.807) is 12.1 Å². The summed E-state index contributed by atoms with van der Waals surface area (Å²) in [5.74, 6) is 1.11. The predicted molar refractivity (Wildman–Crippen MR) is 118 cm³/mol. The first-order chi connectivity index (χ1) is 15.4. The van der Waals surface area contributed by atoms with Crippen molar-refractivity contribution in [1.29, 1.82) is 0 Å². The number of benzene rings is 2. The van der Waals surface area contributed by atoms with Crippen LogP contribution >= 0.6 is 0 Å². The maximum Gasteiger partial charge on any atom is 0.256 e. The number of nitrogens with one attached hydrogen (secondary N) is 1. The van der Waals surface area contributed by atoms with Crippen LogP contribution in [0.3, 0.4) is 0 Å². The van der Waals surface area contributed by atoms with Crippen molar-refractivity contribution in [2.24, 2.45) is 0 Å². The Hall–Kier alpha value is -2.98. The number of hydrogen-bond donors (Lipinski definition) is 1. The van der Waals surface area contributed by atoms with Crippen molar-refractivity contribution in [1.82, 2.24) is 4.31 Å². The second-order valence-electron chi connectivity index (χ2n) is 7.48. The topological polar surface area (TPSA) is 103 Å². The molecule has 0 unspecified atom stereocenters. The number of ether oxygens (including phenoxy) is 4. The van der Waals surface area contributed by atoms with Gasteiger partial charge in [-0.3, -0.25) is 4.79 Å². The second kappa shape index (κ2) is 9.25. The van der Waals surface area contributed by atoms with Crippen LogP contribution in [0.15, 0.2) is 35.2 Å². The Morgan fingerprint density at radius 1 is 0.969 bits per heavy atom. The quantitative estimate of drug-likeness (QED) is 0.704. The van der Waals surface area contributed by atoms with Gasteiger partial charge in [-0.25, -0.2) is 8.42 Å². The fourth-order valence-electron chi connectivity index (χ4n) is 3.80. The van der Waals surface area contributed by atoms with Gasteiger partial charge in [-0.1, -0.05) is 6.42 Å².